The van der Waals surface area contributed by atoms with E-state index in [1.165, 1.54) is 0 Å². The summed E-state index contributed by atoms with van der Waals surface area (Å²) in [5.74, 6) is -0.811. The largest absolute Gasteiger partial charge is 0.481 e. The topological polar surface area (TPSA) is 60.9 Å². The summed E-state index contributed by atoms with van der Waals surface area (Å²) in [6, 6.07) is 0.0197. The van der Waals surface area contributed by atoms with Gasteiger partial charge in [0.15, 0.2) is 0 Å². The SMILES string of the molecule is CC1CCN(C)C(=O)C(CCC(=O)O)N1C. The van der Waals surface area contributed by atoms with Gasteiger partial charge in [-0.2, -0.15) is 0 Å². The molecule has 0 aromatic carbocycles. The molecule has 1 aliphatic heterocycles. The van der Waals surface area contributed by atoms with Crippen LogP contribution in [0.4, 0.5) is 0 Å². The van der Waals surface area contributed by atoms with Crippen LogP contribution >= 0.6 is 0 Å². The molecule has 1 saturated heterocycles. The standard InChI is InChI=1S/C11H20N2O3/c1-8-6-7-12(2)11(16)9(13(8)3)4-5-10(14)15/h8-9H,4-7H2,1-3H3,(H,14,15). The van der Waals surface area contributed by atoms with Crippen LogP contribution in [0.2, 0.25) is 0 Å². The minimum atomic E-state index is -0.847. The Balaban J connectivity index is 2.73. The molecule has 0 saturated carbocycles. The fourth-order valence-corrected chi connectivity index (χ4v) is 2.02. The lowest BCUT2D eigenvalue weighted by atomic mass is 10.1. The van der Waals surface area contributed by atoms with Gasteiger partial charge in [0.2, 0.25) is 5.91 Å². The van der Waals surface area contributed by atoms with Crippen LogP contribution in [0.25, 0.3) is 0 Å². The van der Waals surface area contributed by atoms with E-state index in [1.54, 1.807) is 11.9 Å². The number of carbonyl (C=O) groups excluding carboxylic acids is 1. The molecule has 92 valence electrons. The maximum atomic E-state index is 12.0. The second-order valence-electron chi connectivity index (χ2n) is 4.51. The molecule has 1 N–H and O–H groups in total. The van der Waals surface area contributed by atoms with E-state index >= 15 is 0 Å². The summed E-state index contributed by atoms with van der Waals surface area (Å²) in [6.07, 6.45) is 1.36. The molecule has 0 aromatic heterocycles. The Bertz CT molecular complexity index is 280. The molecule has 2 atom stereocenters. The maximum absolute atomic E-state index is 12.0. The Morgan fingerprint density at radius 3 is 2.69 bits per heavy atom. The second-order valence-corrected chi connectivity index (χ2v) is 4.51. The third kappa shape index (κ3) is 2.95. The normalized spacial score (nSPS) is 27.9. The van der Waals surface area contributed by atoms with Crippen LogP contribution in [-0.4, -0.2) is 59.5 Å². The number of likely N-dealkylation sites (N-methyl/N-ethyl adjacent to an activating group) is 2. The van der Waals surface area contributed by atoms with Gasteiger partial charge in [-0.3, -0.25) is 14.5 Å². The molecule has 0 spiro atoms. The van der Waals surface area contributed by atoms with Gasteiger partial charge in [-0.25, -0.2) is 0 Å². The highest BCUT2D eigenvalue weighted by Crippen LogP contribution is 2.17. The Morgan fingerprint density at radius 1 is 1.50 bits per heavy atom. The number of carboxylic acids is 1. The first-order chi connectivity index (χ1) is 7.43. The van der Waals surface area contributed by atoms with Crippen molar-refractivity contribution in [3.05, 3.63) is 0 Å². The summed E-state index contributed by atoms with van der Waals surface area (Å²) in [7, 11) is 3.68. The van der Waals surface area contributed by atoms with Gasteiger partial charge in [0.1, 0.15) is 0 Å². The number of amides is 1. The summed E-state index contributed by atoms with van der Waals surface area (Å²) >= 11 is 0. The van der Waals surface area contributed by atoms with Crippen LogP contribution in [0, 0.1) is 0 Å². The summed E-state index contributed by atoms with van der Waals surface area (Å²) in [4.78, 5) is 26.3. The quantitative estimate of drug-likeness (QED) is 0.759. The molecule has 16 heavy (non-hydrogen) atoms. The van der Waals surface area contributed by atoms with Crippen molar-refractivity contribution in [3.8, 4) is 0 Å². The summed E-state index contributed by atoms with van der Waals surface area (Å²) in [5, 5.41) is 8.68. The molecule has 1 heterocycles. The van der Waals surface area contributed by atoms with Gasteiger partial charge < -0.3 is 10.0 Å². The Labute approximate surface area is 96.0 Å². The summed E-state index contributed by atoms with van der Waals surface area (Å²) < 4.78 is 0. The lowest BCUT2D eigenvalue weighted by Gasteiger charge is -2.29. The van der Waals surface area contributed by atoms with Crippen LogP contribution in [0.5, 0.6) is 0 Å². The molecule has 2 unspecified atom stereocenters. The van der Waals surface area contributed by atoms with E-state index in [0.29, 0.717) is 12.5 Å². The number of hydrogen-bond donors (Lipinski definition) is 1. The molecule has 1 amide bonds. The first kappa shape index (κ1) is 13.0. The average molecular weight is 228 g/mol. The van der Waals surface area contributed by atoms with Crippen LogP contribution in [-0.2, 0) is 9.59 Å². The van der Waals surface area contributed by atoms with Gasteiger partial charge in [0.05, 0.1) is 6.04 Å². The Morgan fingerprint density at radius 2 is 2.12 bits per heavy atom. The van der Waals surface area contributed by atoms with Crippen molar-refractivity contribution in [2.75, 3.05) is 20.6 Å². The van der Waals surface area contributed by atoms with Crippen LogP contribution in [0.15, 0.2) is 0 Å². The molecular formula is C11H20N2O3. The molecule has 0 aromatic rings. The first-order valence-electron chi connectivity index (χ1n) is 5.62. The number of hydrogen-bond acceptors (Lipinski definition) is 3. The molecule has 1 rings (SSSR count). The van der Waals surface area contributed by atoms with Crippen molar-refractivity contribution in [2.45, 2.75) is 38.3 Å². The average Bonchev–Trinajstić information content (AvgIpc) is 2.31. The van der Waals surface area contributed by atoms with E-state index in [1.807, 2.05) is 11.9 Å². The van der Waals surface area contributed by atoms with E-state index < -0.39 is 5.97 Å². The molecule has 0 bridgehead atoms. The Kier molecular flexibility index (Phi) is 4.29. The first-order valence-corrected chi connectivity index (χ1v) is 5.62. The molecule has 5 heteroatoms. The van der Waals surface area contributed by atoms with E-state index in [2.05, 4.69) is 6.92 Å². The van der Waals surface area contributed by atoms with Crippen LogP contribution in [0.1, 0.15) is 26.2 Å². The molecule has 1 aliphatic rings. The van der Waals surface area contributed by atoms with Gasteiger partial charge in [-0.15, -0.1) is 0 Å². The van der Waals surface area contributed by atoms with E-state index in [4.69, 9.17) is 5.11 Å². The number of nitrogens with zero attached hydrogens (tertiary/aromatic N) is 2. The van der Waals surface area contributed by atoms with Gasteiger partial charge in [0, 0.05) is 26.1 Å². The molecule has 1 fully saturated rings. The lowest BCUT2D eigenvalue weighted by molar-refractivity contribution is -0.138. The van der Waals surface area contributed by atoms with Crippen molar-refractivity contribution in [1.82, 2.24) is 9.80 Å². The highest BCUT2D eigenvalue weighted by molar-refractivity contribution is 5.82. The Hall–Kier alpha value is -1.10. The number of carboxylic acid groups (broad SMARTS) is 1. The monoisotopic (exact) mass is 228 g/mol. The third-order valence-electron chi connectivity index (χ3n) is 3.36. The van der Waals surface area contributed by atoms with Crippen molar-refractivity contribution >= 4 is 11.9 Å². The predicted molar refractivity (Wildman–Crippen MR) is 60.1 cm³/mol. The minimum absolute atomic E-state index is 0.0353. The molecular weight excluding hydrogens is 208 g/mol. The smallest absolute Gasteiger partial charge is 0.303 e. The fraction of sp³-hybridized carbons (Fsp3) is 0.818. The van der Waals surface area contributed by atoms with Crippen LogP contribution < -0.4 is 0 Å². The lowest BCUT2D eigenvalue weighted by Crippen LogP contribution is -2.45. The number of aliphatic carboxylic acids is 1. The van der Waals surface area contributed by atoms with Crippen LogP contribution in [0.3, 0.4) is 0 Å². The number of carbonyl (C=O) groups is 2. The predicted octanol–water partition coefficient (Wildman–Crippen LogP) is 0.402. The van der Waals surface area contributed by atoms with Crippen molar-refractivity contribution in [3.63, 3.8) is 0 Å². The number of rotatable bonds is 3. The van der Waals surface area contributed by atoms with E-state index in [-0.39, 0.29) is 18.4 Å². The molecule has 0 radical (unpaired) electrons. The van der Waals surface area contributed by atoms with Gasteiger partial charge in [-0.05, 0) is 26.8 Å². The zero-order valence-electron chi connectivity index (χ0n) is 10.1. The van der Waals surface area contributed by atoms with Gasteiger partial charge in [-0.1, -0.05) is 0 Å². The molecule has 0 aliphatic carbocycles. The summed E-state index contributed by atoms with van der Waals surface area (Å²) in [5.41, 5.74) is 0. The third-order valence-corrected chi connectivity index (χ3v) is 3.36. The van der Waals surface area contributed by atoms with Crippen molar-refractivity contribution in [2.24, 2.45) is 0 Å². The zero-order valence-corrected chi connectivity index (χ0v) is 10.1. The minimum Gasteiger partial charge on any atom is -0.481 e. The highest BCUT2D eigenvalue weighted by Gasteiger charge is 2.32. The van der Waals surface area contributed by atoms with Crippen molar-refractivity contribution in [1.29, 1.82) is 0 Å². The molecule has 5 nitrogen and oxygen atoms in total. The fourth-order valence-electron chi connectivity index (χ4n) is 2.02. The van der Waals surface area contributed by atoms with E-state index in [0.717, 1.165) is 13.0 Å². The van der Waals surface area contributed by atoms with Crippen molar-refractivity contribution < 1.29 is 14.7 Å². The summed E-state index contributed by atoms with van der Waals surface area (Å²) in [6.45, 7) is 2.81. The zero-order chi connectivity index (χ0) is 12.3. The van der Waals surface area contributed by atoms with E-state index in [9.17, 15) is 9.59 Å². The highest BCUT2D eigenvalue weighted by atomic mass is 16.4. The maximum Gasteiger partial charge on any atom is 0.303 e. The second kappa shape index (κ2) is 5.30. The van der Waals surface area contributed by atoms with Gasteiger partial charge >= 0.3 is 5.97 Å². The van der Waals surface area contributed by atoms with Gasteiger partial charge in [0.25, 0.3) is 0 Å².